The lowest BCUT2D eigenvalue weighted by atomic mass is 9.98. The van der Waals surface area contributed by atoms with Gasteiger partial charge in [0, 0.05) is 25.4 Å². The fraction of sp³-hybridized carbons (Fsp3) is 0.474. The van der Waals surface area contributed by atoms with Gasteiger partial charge in [-0.05, 0) is 5.56 Å². The summed E-state index contributed by atoms with van der Waals surface area (Å²) in [5.41, 5.74) is 0.667. The molecule has 0 radical (unpaired) electrons. The molecule has 2 amide bonds. The van der Waals surface area contributed by atoms with Crippen LogP contribution in [0.15, 0.2) is 30.3 Å². The molecule has 2 aromatic rings. The van der Waals surface area contributed by atoms with E-state index < -0.39 is 12.4 Å². The summed E-state index contributed by atoms with van der Waals surface area (Å²) in [5.74, 6) is 0. The van der Waals surface area contributed by atoms with Gasteiger partial charge in [-0.1, -0.05) is 62.4 Å². The van der Waals surface area contributed by atoms with Crippen molar-refractivity contribution >= 4 is 28.7 Å². The van der Waals surface area contributed by atoms with Gasteiger partial charge in [0.2, 0.25) is 5.13 Å². The van der Waals surface area contributed by atoms with E-state index >= 15 is 0 Å². The van der Waals surface area contributed by atoms with E-state index in [0.717, 1.165) is 10.6 Å². The van der Waals surface area contributed by atoms with Crippen LogP contribution in [-0.4, -0.2) is 47.1 Å². The van der Waals surface area contributed by atoms with E-state index in [1.807, 2.05) is 51.1 Å². The van der Waals surface area contributed by atoms with Gasteiger partial charge >= 0.3 is 12.2 Å². The summed E-state index contributed by atoms with van der Waals surface area (Å²) in [5, 5.41) is 9.56. The Balaban J connectivity index is 1.71. The number of amides is 2. The van der Waals surface area contributed by atoms with Crippen LogP contribution in [0.2, 0.25) is 0 Å². The van der Waals surface area contributed by atoms with Crippen molar-refractivity contribution in [2.24, 2.45) is 0 Å². The van der Waals surface area contributed by atoms with Gasteiger partial charge < -0.3 is 14.4 Å². The summed E-state index contributed by atoms with van der Waals surface area (Å²) >= 11 is 1.32. The van der Waals surface area contributed by atoms with Crippen molar-refractivity contribution in [3.05, 3.63) is 40.9 Å². The molecule has 0 N–H and O–H groups in total. The van der Waals surface area contributed by atoms with Crippen molar-refractivity contribution in [1.82, 2.24) is 15.1 Å². The highest BCUT2D eigenvalue weighted by molar-refractivity contribution is 7.15. The summed E-state index contributed by atoms with van der Waals surface area (Å²) in [6, 6.07) is 9.04. The number of carbonyl (C=O) groups excluding carboxylic acids is 2. The number of benzene rings is 1. The maximum atomic E-state index is 12.7. The zero-order valence-electron chi connectivity index (χ0n) is 16.4. The van der Waals surface area contributed by atoms with Crippen molar-refractivity contribution in [3.8, 4) is 0 Å². The Morgan fingerprint density at radius 2 is 1.96 bits per heavy atom. The van der Waals surface area contributed by atoms with E-state index in [1.54, 1.807) is 11.9 Å². The number of rotatable bonds is 4. The molecule has 1 saturated heterocycles. The lowest BCUT2D eigenvalue weighted by molar-refractivity contribution is 0.00996. The molecule has 1 aliphatic rings. The number of ether oxygens (including phenoxy) is 2. The topological polar surface area (TPSA) is 84.9 Å². The molecule has 0 saturated carbocycles. The second kappa shape index (κ2) is 8.14. The van der Waals surface area contributed by atoms with Gasteiger partial charge in [0.15, 0.2) is 6.23 Å². The van der Waals surface area contributed by atoms with Crippen LogP contribution in [0.4, 0.5) is 14.7 Å². The Kier molecular flexibility index (Phi) is 5.83. The van der Waals surface area contributed by atoms with E-state index in [1.165, 1.54) is 16.2 Å². The van der Waals surface area contributed by atoms with Crippen LogP contribution in [0.25, 0.3) is 0 Å². The van der Waals surface area contributed by atoms with Crippen LogP contribution >= 0.6 is 11.3 Å². The zero-order valence-corrected chi connectivity index (χ0v) is 17.2. The van der Waals surface area contributed by atoms with Crippen molar-refractivity contribution < 1.29 is 19.1 Å². The van der Waals surface area contributed by atoms with Gasteiger partial charge in [-0.25, -0.2) is 14.5 Å². The Hall–Kier alpha value is -2.68. The van der Waals surface area contributed by atoms with Crippen molar-refractivity contribution in [1.29, 1.82) is 0 Å². The molecule has 0 aliphatic carbocycles. The number of anilines is 1. The molecular weight excluding hydrogens is 380 g/mol. The number of carbonyl (C=O) groups is 2. The van der Waals surface area contributed by atoms with Crippen molar-refractivity contribution in [2.45, 2.75) is 45.4 Å². The average molecular weight is 404 g/mol. The fourth-order valence-electron chi connectivity index (χ4n) is 2.63. The molecule has 1 unspecified atom stereocenters. The zero-order chi connectivity index (χ0) is 20.3. The van der Waals surface area contributed by atoms with Gasteiger partial charge in [0.1, 0.15) is 11.6 Å². The molecular formula is C19H24N4O4S. The first-order chi connectivity index (χ1) is 13.3. The summed E-state index contributed by atoms with van der Waals surface area (Å²) in [7, 11) is 1.70. The largest absolute Gasteiger partial charge is 0.510 e. The number of nitrogens with zero attached hydrogens (tertiary/aromatic N) is 4. The van der Waals surface area contributed by atoms with Gasteiger partial charge in [-0.3, -0.25) is 0 Å². The Bertz CT molecular complexity index is 834. The van der Waals surface area contributed by atoms with Gasteiger partial charge in [-0.2, -0.15) is 0 Å². The van der Waals surface area contributed by atoms with Gasteiger partial charge in [0.05, 0.1) is 0 Å². The van der Waals surface area contributed by atoms with Crippen LogP contribution in [0.3, 0.4) is 0 Å². The van der Waals surface area contributed by atoms with E-state index in [2.05, 4.69) is 10.2 Å². The lowest BCUT2D eigenvalue weighted by Crippen LogP contribution is -2.54. The summed E-state index contributed by atoms with van der Waals surface area (Å²) in [6.45, 7) is 6.65. The second-order valence-corrected chi connectivity index (χ2v) is 8.56. The third-order valence-corrected chi connectivity index (χ3v) is 5.57. The molecule has 1 aliphatic heterocycles. The van der Waals surface area contributed by atoms with Crippen LogP contribution in [0.5, 0.6) is 0 Å². The number of aromatic nitrogens is 2. The predicted molar refractivity (Wildman–Crippen MR) is 105 cm³/mol. The molecule has 150 valence electrons. The Morgan fingerprint density at radius 1 is 1.25 bits per heavy atom. The highest BCUT2D eigenvalue weighted by atomic mass is 32.1. The van der Waals surface area contributed by atoms with Gasteiger partial charge in [-0.15, -0.1) is 10.2 Å². The molecule has 1 fully saturated rings. The van der Waals surface area contributed by atoms with E-state index in [9.17, 15) is 9.59 Å². The molecule has 1 aromatic heterocycles. The highest BCUT2D eigenvalue weighted by Gasteiger charge is 2.38. The number of hydrogen-bond donors (Lipinski definition) is 0. The normalized spacial score (nSPS) is 17.6. The molecule has 1 aromatic carbocycles. The van der Waals surface area contributed by atoms with Gasteiger partial charge in [0.25, 0.3) is 0 Å². The monoisotopic (exact) mass is 404 g/mol. The smallest absolute Gasteiger partial charge is 0.429 e. The average Bonchev–Trinajstić information content (AvgIpc) is 3.14. The Morgan fingerprint density at radius 3 is 2.61 bits per heavy atom. The molecule has 2 heterocycles. The predicted octanol–water partition coefficient (Wildman–Crippen LogP) is 3.78. The third-order valence-electron chi connectivity index (χ3n) is 4.23. The van der Waals surface area contributed by atoms with Crippen LogP contribution in [-0.2, 0) is 21.5 Å². The Labute approximate surface area is 168 Å². The quantitative estimate of drug-likeness (QED) is 0.721. The SMILES string of the molecule is CN1CCC(OC(=O)OCc2ccccc2)N(c2nnc(C(C)(C)C)s2)C1=O. The standard InChI is InChI=1S/C19H24N4O4S/c1-19(2,3)15-20-21-16(28-15)23-14(10-11-22(4)17(23)24)27-18(25)26-12-13-8-6-5-7-9-13/h5-9,14H,10-12H2,1-4H3. The fourth-order valence-corrected chi connectivity index (χ4v) is 3.57. The molecule has 3 rings (SSSR count). The molecule has 9 heteroatoms. The number of hydrogen-bond acceptors (Lipinski definition) is 7. The van der Waals surface area contributed by atoms with Crippen LogP contribution in [0, 0.1) is 0 Å². The minimum absolute atomic E-state index is 0.104. The lowest BCUT2D eigenvalue weighted by Gasteiger charge is -2.36. The number of urea groups is 1. The summed E-state index contributed by atoms with van der Waals surface area (Å²) in [4.78, 5) is 27.8. The van der Waals surface area contributed by atoms with Crippen molar-refractivity contribution in [2.75, 3.05) is 18.5 Å². The first kappa shape index (κ1) is 20.1. The van der Waals surface area contributed by atoms with Crippen molar-refractivity contribution in [3.63, 3.8) is 0 Å². The first-order valence-electron chi connectivity index (χ1n) is 9.01. The maximum Gasteiger partial charge on any atom is 0.510 e. The highest BCUT2D eigenvalue weighted by Crippen LogP contribution is 2.33. The minimum atomic E-state index is -0.822. The van der Waals surface area contributed by atoms with E-state index in [-0.39, 0.29) is 18.1 Å². The minimum Gasteiger partial charge on any atom is -0.429 e. The third kappa shape index (κ3) is 4.59. The molecule has 0 bridgehead atoms. The van der Waals surface area contributed by atoms with Crippen LogP contribution < -0.4 is 4.90 Å². The molecule has 0 spiro atoms. The second-order valence-electron chi connectivity index (χ2n) is 7.60. The summed E-state index contributed by atoms with van der Waals surface area (Å²) in [6.07, 6.45) is -1.16. The maximum absolute atomic E-state index is 12.7. The molecule has 28 heavy (non-hydrogen) atoms. The molecule has 8 nitrogen and oxygen atoms in total. The van der Waals surface area contributed by atoms with Crippen LogP contribution in [0.1, 0.15) is 37.8 Å². The first-order valence-corrected chi connectivity index (χ1v) is 9.83. The molecule has 1 atom stereocenters. The summed E-state index contributed by atoms with van der Waals surface area (Å²) < 4.78 is 10.6. The van der Waals surface area contributed by atoms with E-state index in [0.29, 0.717) is 18.1 Å². The van der Waals surface area contributed by atoms with E-state index in [4.69, 9.17) is 9.47 Å².